The summed E-state index contributed by atoms with van der Waals surface area (Å²) < 4.78 is 0. The largest absolute Gasteiger partial charge is 0.369 e. The zero-order valence-electron chi connectivity index (χ0n) is 15.0. The first-order valence-corrected chi connectivity index (χ1v) is 8.78. The lowest BCUT2D eigenvalue weighted by atomic mass is 9.93. The number of primary amides is 1. The van der Waals surface area contributed by atoms with Crippen LogP contribution in [0.4, 0.5) is 0 Å². The van der Waals surface area contributed by atoms with Crippen molar-refractivity contribution in [2.75, 3.05) is 13.1 Å². The van der Waals surface area contributed by atoms with E-state index in [2.05, 4.69) is 5.32 Å². The summed E-state index contributed by atoms with van der Waals surface area (Å²) in [6.45, 7) is 4.28. The van der Waals surface area contributed by atoms with Crippen LogP contribution in [0.1, 0.15) is 37.3 Å². The number of amides is 3. The summed E-state index contributed by atoms with van der Waals surface area (Å²) in [5.41, 5.74) is 7.64. The van der Waals surface area contributed by atoms with Gasteiger partial charge in [0.2, 0.25) is 17.7 Å². The number of likely N-dealkylation sites (tertiary alicyclic amines) is 1. The Labute approximate surface area is 148 Å². The van der Waals surface area contributed by atoms with Gasteiger partial charge in [-0.3, -0.25) is 14.4 Å². The third kappa shape index (κ3) is 5.59. The van der Waals surface area contributed by atoms with E-state index in [0.717, 1.165) is 12.0 Å². The molecular weight excluding hydrogens is 318 g/mol. The monoisotopic (exact) mass is 345 g/mol. The predicted molar refractivity (Wildman–Crippen MR) is 95.6 cm³/mol. The molecule has 0 unspecified atom stereocenters. The van der Waals surface area contributed by atoms with Crippen molar-refractivity contribution >= 4 is 17.7 Å². The number of nitrogens with zero attached hydrogens (tertiary/aromatic N) is 1. The second kappa shape index (κ2) is 8.65. The maximum Gasteiger partial charge on any atom is 0.242 e. The molecule has 3 amide bonds. The fourth-order valence-corrected chi connectivity index (χ4v) is 3.06. The highest BCUT2D eigenvalue weighted by atomic mass is 16.2. The van der Waals surface area contributed by atoms with Gasteiger partial charge in [0.15, 0.2) is 0 Å². The minimum absolute atomic E-state index is 0.0391. The summed E-state index contributed by atoms with van der Waals surface area (Å²) in [5, 5.41) is 2.68. The van der Waals surface area contributed by atoms with E-state index in [9.17, 15) is 14.4 Å². The first-order chi connectivity index (χ1) is 11.9. The van der Waals surface area contributed by atoms with Crippen LogP contribution in [0.25, 0.3) is 0 Å². The van der Waals surface area contributed by atoms with Gasteiger partial charge in [0.05, 0.1) is 12.5 Å². The molecule has 1 heterocycles. The maximum absolute atomic E-state index is 12.4. The molecule has 2 rings (SSSR count). The van der Waals surface area contributed by atoms with Gasteiger partial charge in [-0.15, -0.1) is 0 Å². The first-order valence-electron chi connectivity index (χ1n) is 8.78. The summed E-state index contributed by atoms with van der Waals surface area (Å²) in [4.78, 5) is 37.3. The molecule has 2 atom stereocenters. The molecule has 1 aliphatic rings. The van der Waals surface area contributed by atoms with Gasteiger partial charge in [0.25, 0.3) is 0 Å². The Kier molecular flexibility index (Phi) is 6.56. The third-order valence-corrected chi connectivity index (χ3v) is 4.80. The summed E-state index contributed by atoms with van der Waals surface area (Å²) in [6, 6.07) is 8.11. The second-order valence-electron chi connectivity index (χ2n) is 6.83. The number of hydrogen-bond donors (Lipinski definition) is 2. The highest BCUT2D eigenvalue weighted by Crippen LogP contribution is 2.21. The Hall–Kier alpha value is -2.37. The number of rotatable bonds is 6. The van der Waals surface area contributed by atoms with Crippen LogP contribution in [0.15, 0.2) is 24.3 Å². The molecule has 1 aromatic carbocycles. The average molecular weight is 345 g/mol. The van der Waals surface area contributed by atoms with Crippen molar-refractivity contribution in [2.45, 2.75) is 45.6 Å². The number of aryl methyl sites for hydroxylation is 2. The minimum atomic E-state index is -0.369. The second-order valence-corrected chi connectivity index (χ2v) is 6.83. The van der Waals surface area contributed by atoms with Crippen molar-refractivity contribution in [3.63, 3.8) is 0 Å². The van der Waals surface area contributed by atoms with Gasteiger partial charge < -0.3 is 16.0 Å². The van der Waals surface area contributed by atoms with Crippen LogP contribution < -0.4 is 11.1 Å². The lowest BCUT2D eigenvalue weighted by Gasteiger charge is -2.37. The van der Waals surface area contributed by atoms with Gasteiger partial charge in [-0.05, 0) is 38.7 Å². The molecule has 0 saturated carbocycles. The predicted octanol–water partition coefficient (Wildman–Crippen LogP) is 1.16. The maximum atomic E-state index is 12.4. The number of nitrogens with one attached hydrogen (secondary N) is 1. The van der Waals surface area contributed by atoms with Crippen LogP contribution in [-0.4, -0.2) is 41.8 Å². The lowest BCUT2D eigenvalue weighted by molar-refractivity contribution is -0.138. The van der Waals surface area contributed by atoms with E-state index in [1.165, 1.54) is 5.56 Å². The minimum Gasteiger partial charge on any atom is -0.369 e. The Bertz CT molecular complexity index is 627. The average Bonchev–Trinajstić information content (AvgIpc) is 2.59. The SMILES string of the molecule is Cc1ccc(CCC(=O)NCC(=O)N2C[C@@H](C(N)=O)CC[C@@H]2C)cc1. The Balaban J connectivity index is 1.77. The summed E-state index contributed by atoms with van der Waals surface area (Å²) in [6.07, 6.45) is 2.45. The van der Waals surface area contributed by atoms with Gasteiger partial charge in [-0.25, -0.2) is 0 Å². The summed E-state index contributed by atoms with van der Waals surface area (Å²) in [5.74, 6) is -0.976. The molecule has 1 saturated heterocycles. The highest BCUT2D eigenvalue weighted by Gasteiger charge is 2.31. The van der Waals surface area contributed by atoms with Crippen LogP contribution >= 0.6 is 0 Å². The van der Waals surface area contributed by atoms with Crippen molar-refractivity contribution in [2.24, 2.45) is 11.7 Å². The number of benzene rings is 1. The van der Waals surface area contributed by atoms with Crippen molar-refractivity contribution < 1.29 is 14.4 Å². The Morgan fingerprint density at radius 3 is 2.52 bits per heavy atom. The summed E-state index contributed by atoms with van der Waals surface area (Å²) in [7, 11) is 0. The molecule has 6 nitrogen and oxygen atoms in total. The quantitative estimate of drug-likeness (QED) is 0.810. The molecule has 0 bridgehead atoms. The summed E-state index contributed by atoms with van der Waals surface area (Å²) >= 11 is 0. The zero-order valence-corrected chi connectivity index (χ0v) is 15.0. The van der Waals surface area contributed by atoms with Gasteiger partial charge in [0.1, 0.15) is 0 Å². The highest BCUT2D eigenvalue weighted by molar-refractivity contribution is 5.85. The molecule has 0 aromatic heterocycles. The molecule has 136 valence electrons. The standard InChI is InChI=1S/C19H27N3O3/c1-13-3-6-15(7-4-13)8-10-17(23)21-11-18(24)22-12-16(19(20)25)9-5-14(22)2/h3-4,6-7,14,16H,5,8-12H2,1-2H3,(H2,20,25)(H,21,23)/t14-,16-/m0/s1. The van der Waals surface area contributed by atoms with Crippen LogP contribution in [0, 0.1) is 12.8 Å². The number of carbonyl (C=O) groups excluding carboxylic acids is 3. The topological polar surface area (TPSA) is 92.5 Å². The van der Waals surface area contributed by atoms with Crippen LogP contribution in [-0.2, 0) is 20.8 Å². The molecule has 0 radical (unpaired) electrons. The molecule has 0 spiro atoms. The van der Waals surface area contributed by atoms with Gasteiger partial charge in [-0.2, -0.15) is 0 Å². The third-order valence-electron chi connectivity index (χ3n) is 4.80. The molecule has 1 aliphatic heterocycles. The van der Waals surface area contributed by atoms with Gasteiger partial charge in [-0.1, -0.05) is 29.8 Å². The Morgan fingerprint density at radius 2 is 1.88 bits per heavy atom. The van der Waals surface area contributed by atoms with Crippen molar-refractivity contribution in [3.8, 4) is 0 Å². The molecule has 6 heteroatoms. The van der Waals surface area contributed by atoms with Gasteiger partial charge >= 0.3 is 0 Å². The molecular formula is C19H27N3O3. The van der Waals surface area contributed by atoms with Crippen molar-refractivity contribution in [1.29, 1.82) is 0 Å². The van der Waals surface area contributed by atoms with E-state index in [1.54, 1.807) is 4.90 Å². The number of nitrogens with two attached hydrogens (primary N) is 1. The number of carbonyl (C=O) groups is 3. The zero-order chi connectivity index (χ0) is 18.4. The molecule has 25 heavy (non-hydrogen) atoms. The van der Waals surface area contributed by atoms with Crippen molar-refractivity contribution in [1.82, 2.24) is 10.2 Å². The Morgan fingerprint density at radius 1 is 1.20 bits per heavy atom. The van der Waals surface area contributed by atoms with Crippen molar-refractivity contribution in [3.05, 3.63) is 35.4 Å². The van der Waals surface area contributed by atoms with Crippen LogP contribution in [0.3, 0.4) is 0 Å². The van der Waals surface area contributed by atoms with E-state index < -0.39 is 0 Å². The van der Waals surface area contributed by atoms with E-state index >= 15 is 0 Å². The molecule has 0 aliphatic carbocycles. The van der Waals surface area contributed by atoms with E-state index in [1.807, 2.05) is 38.1 Å². The number of piperidine rings is 1. The fourth-order valence-electron chi connectivity index (χ4n) is 3.06. The first kappa shape index (κ1) is 19.0. The van der Waals surface area contributed by atoms with E-state index in [-0.39, 0.29) is 36.2 Å². The molecule has 3 N–H and O–H groups in total. The lowest BCUT2D eigenvalue weighted by Crippen LogP contribution is -2.51. The van der Waals surface area contributed by atoms with Crippen LogP contribution in [0.2, 0.25) is 0 Å². The molecule has 1 aromatic rings. The number of hydrogen-bond acceptors (Lipinski definition) is 3. The van der Waals surface area contributed by atoms with E-state index in [4.69, 9.17) is 5.73 Å². The molecule has 1 fully saturated rings. The smallest absolute Gasteiger partial charge is 0.242 e. The van der Waals surface area contributed by atoms with E-state index in [0.29, 0.717) is 25.8 Å². The van der Waals surface area contributed by atoms with Gasteiger partial charge in [0, 0.05) is 19.0 Å². The normalized spacial score (nSPS) is 20.2. The fraction of sp³-hybridized carbons (Fsp3) is 0.526. The van der Waals surface area contributed by atoms with Crippen LogP contribution in [0.5, 0.6) is 0 Å².